The average Bonchev–Trinajstić information content (AvgIpc) is 3.31. The number of hydrogen-bond donors (Lipinski definition) is 0. The number of nitrogens with zero attached hydrogens (tertiary/aromatic N) is 4. The van der Waals surface area contributed by atoms with E-state index in [-0.39, 0.29) is 5.91 Å². The van der Waals surface area contributed by atoms with Crippen LogP contribution in [0, 0.1) is 5.92 Å². The highest BCUT2D eigenvalue weighted by atomic mass is 32.1. The zero-order valence-corrected chi connectivity index (χ0v) is 16.5. The molecule has 0 saturated carbocycles. The minimum atomic E-state index is 0.269. The van der Waals surface area contributed by atoms with Gasteiger partial charge in [-0.15, -0.1) is 0 Å². The summed E-state index contributed by atoms with van der Waals surface area (Å²) in [7, 11) is 0. The molecular weight excluding hydrogens is 344 g/mol. The van der Waals surface area contributed by atoms with E-state index in [1.165, 1.54) is 17.1 Å². The molecule has 3 rings (SSSR count). The lowest BCUT2D eigenvalue weighted by Gasteiger charge is -2.24. The van der Waals surface area contributed by atoms with Gasteiger partial charge < -0.3 is 9.80 Å². The van der Waals surface area contributed by atoms with Crippen molar-refractivity contribution in [2.24, 2.45) is 5.92 Å². The molecule has 0 bridgehead atoms. The van der Waals surface area contributed by atoms with Crippen molar-refractivity contribution in [3.63, 3.8) is 0 Å². The summed E-state index contributed by atoms with van der Waals surface area (Å²) < 4.78 is 4.54. The quantitative estimate of drug-likeness (QED) is 0.710. The van der Waals surface area contributed by atoms with Gasteiger partial charge in [-0.1, -0.05) is 44.2 Å². The topological polar surface area (TPSA) is 49.3 Å². The van der Waals surface area contributed by atoms with Crippen molar-refractivity contribution in [2.75, 3.05) is 31.1 Å². The van der Waals surface area contributed by atoms with E-state index in [2.05, 4.69) is 35.3 Å². The number of anilines is 1. The summed E-state index contributed by atoms with van der Waals surface area (Å²) in [5, 5.41) is 0.929. The number of likely N-dealkylation sites (tertiary alicyclic amines) is 1. The minimum absolute atomic E-state index is 0.269. The molecule has 1 amide bonds. The first kappa shape index (κ1) is 18.8. The van der Waals surface area contributed by atoms with Crippen molar-refractivity contribution in [3.8, 4) is 0 Å². The van der Waals surface area contributed by atoms with Gasteiger partial charge in [0.05, 0.1) is 0 Å². The van der Waals surface area contributed by atoms with Crippen LogP contribution in [0.2, 0.25) is 0 Å². The highest BCUT2D eigenvalue weighted by Gasteiger charge is 2.20. The van der Waals surface area contributed by atoms with Gasteiger partial charge in [-0.3, -0.25) is 4.79 Å². The lowest BCUT2D eigenvalue weighted by atomic mass is 10.1. The van der Waals surface area contributed by atoms with Crippen molar-refractivity contribution in [1.82, 2.24) is 14.3 Å². The van der Waals surface area contributed by atoms with E-state index in [0.29, 0.717) is 18.9 Å². The van der Waals surface area contributed by atoms with Crippen LogP contribution in [-0.4, -0.2) is 46.3 Å². The third-order valence-corrected chi connectivity index (χ3v) is 5.39. The number of rotatable bonds is 8. The summed E-state index contributed by atoms with van der Waals surface area (Å²) in [5.41, 5.74) is 1.22. The van der Waals surface area contributed by atoms with Crippen LogP contribution >= 0.6 is 11.5 Å². The minimum Gasteiger partial charge on any atom is -0.346 e. The molecule has 1 fully saturated rings. The SMILES string of the molecule is CC(C)CN(CCC(=O)N1CCCC1)c1nc(Cc2ccccc2)ns1. The van der Waals surface area contributed by atoms with Crippen LogP contribution < -0.4 is 4.90 Å². The zero-order valence-electron chi connectivity index (χ0n) is 15.7. The van der Waals surface area contributed by atoms with E-state index in [0.717, 1.165) is 49.9 Å². The fourth-order valence-corrected chi connectivity index (χ4v) is 4.00. The molecule has 1 aromatic carbocycles. The Hall–Kier alpha value is -1.95. The Morgan fingerprint density at radius 1 is 1.23 bits per heavy atom. The summed E-state index contributed by atoms with van der Waals surface area (Å²) in [5.74, 6) is 1.64. The predicted molar refractivity (Wildman–Crippen MR) is 107 cm³/mol. The molecule has 2 aromatic rings. The van der Waals surface area contributed by atoms with Gasteiger partial charge in [0, 0.05) is 50.6 Å². The maximum Gasteiger partial charge on any atom is 0.224 e. The van der Waals surface area contributed by atoms with Crippen molar-refractivity contribution < 1.29 is 4.79 Å². The van der Waals surface area contributed by atoms with Crippen molar-refractivity contribution in [2.45, 2.75) is 39.5 Å². The first-order valence-corrected chi connectivity index (χ1v) is 10.3. The van der Waals surface area contributed by atoms with Crippen LogP contribution in [-0.2, 0) is 11.2 Å². The Bertz CT molecular complexity index is 695. The second-order valence-electron chi connectivity index (χ2n) is 7.33. The predicted octanol–water partition coefficient (Wildman–Crippen LogP) is 3.60. The highest BCUT2D eigenvalue weighted by Crippen LogP contribution is 2.21. The van der Waals surface area contributed by atoms with E-state index in [1.54, 1.807) is 0 Å². The van der Waals surface area contributed by atoms with Gasteiger partial charge in [-0.2, -0.15) is 4.37 Å². The zero-order chi connectivity index (χ0) is 18.4. The maximum absolute atomic E-state index is 12.4. The summed E-state index contributed by atoms with van der Waals surface area (Å²) >= 11 is 1.44. The van der Waals surface area contributed by atoms with Crippen LogP contribution in [0.3, 0.4) is 0 Å². The first-order valence-electron chi connectivity index (χ1n) is 9.51. The summed E-state index contributed by atoms with van der Waals surface area (Å²) in [6.07, 6.45) is 3.58. The van der Waals surface area contributed by atoms with E-state index in [9.17, 15) is 4.79 Å². The molecule has 1 aliphatic rings. The van der Waals surface area contributed by atoms with E-state index < -0.39 is 0 Å². The molecule has 0 atom stereocenters. The van der Waals surface area contributed by atoms with Crippen LogP contribution in [0.4, 0.5) is 5.13 Å². The maximum atomic E-state index is 12.4. The highest BCUT2D eigenvalue weighted by molar-refractivity contribution is 7.09. The van der Waals surface area contributed by atoms with Gasteiger partial charge in [-0.05, 0) is 24.3 Å². The normalized spacial score (nSPS) is 14.2. The summed E-state index contributed by atoms with van der Waals surface area (Å²) in [4.78, 5) is 21.3. The molecule has 6 heteroatoms. The van der Waals surface area contributed by atoms with Gasteiger partial charge in [0.2, 0.25) is 11.0 Å². The third kappa shape index (κ3) is 5.27. The number of carbonyl (C=O) groups excluding carboxylic acids is 1. The van der Waals surface area contributed by atoms with Crippen molar-refractivity contribution >= 4 is 22.6 Å². The molecule has 0 spiro atoms. The summed E-state index contributed by atoms with van der Waals surface area (Å²) in [6, 6.07) is 10.3. The lowest BCUT2D eigenvalue weighted by Crippen LogP contribution is -2.34. The standard InChI is InChI=1S/C20H28N4OS/c1-16(2)15-24(13-10-19(25)23-11-6-7-12-23)20-21-18(22-26-20)14-17-8-4-3-5-9-17/h3-5,8-9,16H,6-7,10-15H2,1-2H3. The van der Waals surface area contributed by atoms with Crippen molar-refractivity contribution in [3.05, 3.63) is 41.7 Å². The van der Waals surface area contributed by atoms with Crippen LogP contribution in [0.1, 0.15) is 44.5 Å². The Kier molecular flexibility index (Phi) is 6.61. The Morgan fingerprint density at radius 3 is 2.65 bits per heavy atom. The van der Waals surface area contributed by atoms with Crippen LogP contribution in [0.15, 0.2) is 30.3 Å². The van der Waals surface area contributed by atoms with E-state index in [4.69, 9.17) is 4.98 Å². The monoisotopic (exact) mass is 372 g/mol. The smallest absolute Gasteiger partial charge is 0.224 e. The second-order valence-corrected chi connectivity index (χ2v) is 8.06. The molecule has 0 unspecified atom stereocenters. The molecule has 0 aliphatic carbocycles. The molecule has 0 radical (unpaired) electrons. The number of benzene rings is 1. The van der Waals surface area contributed by atoms with Gasteiger partial charge in [0.1, 0.15) is 5.82 Å². The van der Waals surface area contributed by atoms with Gasteiger partial charge in [0.25, 0.3) is 0 Å². The first-order chi connectivity index (χ1) is 12.6. The lowest BCUT2D eigenvalue weighted by molar-refractivity contribution is -0.129. The molecule has 140 valence electrons. The van der Waals surface area contributed by atoms with Gasteiger partial charge >= 0.3 is 0 Å². The Morgan fingerprint density at radius 2 is 1.96 bits per heavy atom. The number of hydrogen-bond acceptors (Lipinski definition) is 5. The average molecular weight is 373 g/mol. The van der Waals surface area contributed by atoms with Crippen molar-refractivity contribution in [1.29, 1.82) is 0 Å². The molecular formula is C20H28N4OS. The molecule has 0 N–H and O–H groups in total. The van der Waals surface area contributed by atoms with Crippen LogP contribution in [0.25, 0.3) is 0 Å². The fraction of sp³-hybridized carbons (Fsp3) is 0.550. The number of amides is 1. The molecule has 1 saturated heterocycles. The van der Waals surface area contributed by atoms with Crippen LogP contribution in [0.5, 0.6) is 0 Å². The number of carbonyl (C=O) groups is 1. The number of aromatic nitrogens is 2. The molecule has 1 aliphatic heterocycles. The molecule has 26 heavy (non-hydrogen) atoms. The van der Waals surface area contributed by atoms with Gasteiger partial charge in [0.15, 0.2) is 0 Å². The summed E-state index contributed by atoms with van der Waals surface area (Å²) in [6.45, 7) is 7.84. The fourth-order valence-electron chi connectivity index (χ4n) is 3.28. The largest absolute Gasteiger partial charge is 0.346 e. The van der Waals surface area contributed by atoms with E-state index in [1.807, 2.05) is 23.1 Å². The molecule has 1 aromatic heterocycles. The molecule has 2 heterocycles. The third-order valence-electron chi connectivity index (χ3n) is 4.57. The second kappa shape index (κ2) is 9.12. The Balaban J connectivity index is 1.62. The van der Waals surface area contributed by atoms with E-state index >= 15 is 0 Å². The van der Waals surface area contributed by atoms with Gasteiger partial charge in [-0.25, -0.2) is 4.98 Å². The Labute approximate surface area is 160 Å². The molecule has 5 nitrogen and oxygen atoms in total.